The second-order valence-corrected chi connectivity index (χ2v) is 9.82. The number of carbonyl (C=O) groups excluding carboxylic acids is 3. The average molecular weight is 455 g/mol. The van der Waals surface area contributed by atoms with Crippen molar-refractivity contribution in [2.24, 2.45) is 11.8 Å². The number of amides is 3. The summed E-state index contributed by atoms with van der Waals surface area (Å²) in [6.07, 6.45) is 4.04. The molecule has 0 bridgehead atoms. The second-order valence-electron chi connectivity index (χ2n) is 9.82. The second kappa shape index (κ2) is 11.5. The number of ether oxygens (including phenoxy) is 1. The van der Waals surface area contributed by atoms with Crippen LogP contribution in [0.1, 0.15) is 66.2 Å². The predicted molar refractivity (Wildman–Crippen MR) is 117 cm³/mol. The Hall–Kier alpha value is -2.36. The Labute approximate surface area is 190 Å². The Morgan fingerprint density at radius 2 is 1.72 bits per heavy atom. The van der Waals surface area contributed by atoms with Crippen LogP contribution in [-0.2, 0) is 19.1 Å². The smallest absolute Gasteiger partial charge is 0.410 e. The Kier molecular flexibility index (Phi) is 9.30. The molecule has 182 valence electrons. The van der Waals surface area contributed by atoms with Gasteiger partial charge >= 0.3 is 12.1 Å². The van der Waals surface area contributed by atoms with E-state index < -0.39 is 17.6 Å². The molecule has 0 radical (unpaired) electrons. The number of nitrogens with zero attached hydrogens (tertiary/aromatic N) is 2. The molecule has 10 heteroatoms. The predicted octanol–water partition coefficient (Wildman–Crippen LogP) is 1.75. The van der Waals surface area contributed by atoms with Crippen molar-refractivity contribution in [2.45, 2.75) is 77.9 Å². The Morgan fingerprint density at radius 3 is 2.31 bits per heavy atom. The first-order valence-electron chi connectivity index (χ1n) is 11.5. The summed E-state index contributed by atoms with van der Waals surface area (Å²) >= 11 is 0. The lowest BCUT2D eigenvalue weighted by Gasteiger charge is -2.34. The van der Waals surface area contributed by atoms with Crippen molar-refractivity contribution < 1.29 is 29.0 Å². The van der Waals surface area contributed by atoms with Gasteiger partial charge < -0.3 is 19.6 Å². The molecular weight excluding hydrogens is 416 g/mol. The molecule has 2 aliphatic heterocycles. The van der Waals surface area contributed by atoms with Crippen LogP contribution in [0.25, 0.3) is 0 Å². The van der Waals surface area contributed by atoms with Crippen molar-refractivity contribution >= 4 is 23.9 Å². The highest BCUT2D eigenvalue weighted by atomic mass is 16.6. The zero-order valence-corrected chi connectivity index (χ0v) is 19.7. The quantitative estimate of drug-likeness (QED) is 0.500. The highest BCUT2D eigenvalue weighted by molar-refractivity contribution is 5.81. The lowest BCUT2D eigenvalue weighted by molar-refractivity contribution is -0.139. The van der Waals surface area contributed by atoms with E-state index in [2.05, 4.69) is 10.9 Å². The molecule has 0 aromatic carbocycles. The maximum Gasteiger partial charge on any atom is 0.410 e. The molecule has 32 heavy (non-hydrogen) atoms. The first kappa shape index (κ1) is 25.9. The molecule has 2 atom stereocenters. The summed E-state index contributed by atoms with van der Waals surface area (Å²) < 4.78 is 5.42. The molecule has 3 N–H and O–H groups in total. The van der Waals surface area contributed by atoms with Crippen LogP contribution in [0.2, 0.25) is 0 Å². The zero-order chi connectivity index (χ0) is 23.9. The maximum atomic E-state index is 12.7. The van der Waals surface area contributed by atoms with E-state index in [-0.39, 0.29) is 23.8 Å². The molecule has 2 heterocycles. The van der Waals surface area contributed by atoms with Gasteiger partial charge in [-0.25, -0.2) is 10.2 Å². The number of rotatable bonds is 7. The first-order chi connectivity index (χ1) is 15.0. The first-order valence-corrected chi connectivity index (χ1v) is 11.5. The van der Waals surface area contributed by atoms with Crippen LogP contribution in [0, 0.1) is 11.8 Å². The van der Waals surface area contributed by atoms with E-state index in [9.17, 15) is 19.2 Å². The molecule has 3 amide bonds. The number of hydrogen-bond donors (Lipinski definition) is 3. The normalized spacial score (nSPS) is 21.1. The van der Waals surface area contributed by atoms with Crippen LogP contribution in [0.15, 0.2) is 0 Å². The van der Waals surface area contributed by atoms with Crippen LogP contribution in [0.5, 0.6) is 0 Å². The van der Waals surface area contributed by atoms with Crippen molar-refractivity contribution in [3.63, 3.8) is 0 Å². The van der Waals surface area contributed by atoms with E-state index in [1.807, 2.05) is 20.8 Å². The molecule has 0 unspecified atom stereocenters. The molecule has 0 aromatic rings. The van der Waals surface area contributed by atoms with Gasteiger partial charge in [0.1, 0.15) is 11.6 Å². The van der Waals surface area contributed by atoms with E-state index in [1.165, 1.54) is 6.92 Å². The van der Waals surface area contributed by atoms with Gasteiger partial charge in [0, 0.05) is 32.6 Å². The van der Waals surface area contributed by atoms with Gasteiger partial charge in [0.2, 0.25) is 11.8 Å². The fourth-order valence-corrected chi connectivity index (χ4v) is 3.98. The standard InChI is InChI=1S/C22H38N4O6/c1-15(20(29)30)23-24-19(28)17-6-5-11-26(14-17)18(27)8-7-16-9-12-25(13-10-16)21(31)32-22(2,3)4/h15-17,23H,5-14H2,1-4H3,(H,24,28)(H,29,30)/t15-,17+/m0/s1. The Morgan fingerprint density at radius 1 is 1.06 bits per heavy atom. The molecule has 2 rings (SSSR count). The third-order valence-corrected chi connectivity index (χ3v) is 5.96. The zero-order valence-electron chi connectivity index (χ0n) is 19.7. The maximum absolute atomic E-state index is 12.7. The van der Waals surface area contributed by atoms with Crippen LogP contribution < -0.4 is 10.9 Å². The molecule has 2 saturated heterocycles. The van der Waals surface area contributed by atoms with Crippen LogP contribution in [0.4, 0.5) is 4.79 Å². The van der Waals surface area contributed by atoms with Gasteiger partial charge in [-0.1, -0.05) is 0 Å². The molecular formula is C22H38N4O6. The molecule has 0 aromatic heterocycles. The summed E-state index contributed by atoms with van der Waals surface area (Å²) in [6.45, 7) is 9.27. The van der Waals surface area contributed by atoms with Crippen LogP contribution in [0.3, 0.4) is 0 Å². The highest BCUT2D eigenvalue weighted by Crippen LogP contribution is 2.25. The number of hydrazine groups is 1. The number of carbonyl (C=O) groups is 4. The highest BCUT2D eigenvalue weighted by Gasteiger charge is 2.30. The number of nitrogens with one attached hydrogen (secondary N) is 2. The van der Waals surface area contributed by atoms with Crippen molar-refractivity contribution in [2.75, 3.05) is 26.2 Å². The minimum Gasteiger partial charge on any atom is -0.480 e. The van der Waals surface area contributed by atoms with Crippen molar-refractivity contribution in [3.8, 4) is 0 Å². The van der Waals surface area contributed by atoms with Crippen molar-refractivity contribution in [1.29, 1.82) is 0 Å². The number of carboxylic acid groups (broad SMARTS) is 1. The minimum atomic E-state index is -1.05. The number of hydrogen-bond acceptors (Lipinski definition) is 6. The van der Waals surface area contributed by atoms with E-state index in [4.69, 9.17) is 9.84 Å². The summed E-state index contributed by atoms with van der Waals surface area (Å²) in [5.41, 5.74) is 4.42. The molecule has 2 fully saturated rings. The average Bonchev–Trinajstić information content (AvgIpc) is 2.74. The minimum absolute atomic E-state index is 0.0453. The van der Waals surface area contributed by atoms with Gasteiger partial charge in [-0.2, -0.15) is 0 Å². The summed E-state index contributed by atoms with van der Waals surface area (Å²) in [6, 6.07) is -0.887. The SMILES string of the molecule is C[C@H](NNC(=O)[C@@H]1CCCN(C(=O)CCC2CCN(C(=O)OC(C)(C)C)CC2)C1)C(=O)O. The van der Waals surface area contributed by atoms with E-state index in [0.717, 1.165) is 25.7 Å². The van der Waals surface area contributed by atoms with E-state index >= 15 is 0 Å². The Balaban J connectivity index is 1.71. The molecule has 0 aliphatic carbocycles. The largest absolute Gasteiger partial charge is 0.480 e. The van der Waals surface area contributed by atoms with Gasteiger partial charge in [0.15, 0.2) is 0 Å². The Bertz CT molecular complexity index is 684. The third-order valence-electron chi connectivity index (χ3n) is 5.96. The summed E-state index contributed by atoms with van der Waals surface area (Å²) in [4.78, 5) is 51.5. The van der Waals surface area contributed by atoms with Crippen LogP contribution >= 0.6 is 0 Å². The topological polar surface area (TPSA) is 128 Å². The van der Waals surface area contributed by atoms with Gasteiger partial charge in [0.05, 0.1) is 5.92 Å². The van der Waals surface area contributed by atoms with E-state index in [1.54, 1.807) is 9.80 Å². The van der Waals surface area contributed by atoms with Crippen molar-refractivity contribution in [3.05, 3.63) is 0 Å². The number of piperidine rings is 2. The number of aliphatic carboxylic acids is 1. The molecule has 0 spiro atoms. The summed E-state index contributed by atoms with van der Waals surface area (Å²) in [7, 11) is 0. The summed E-state index contributed by atoms with van der Waals surface area (Å²) in [5.74, 6) is -1.25. The number of likely N-dealkylation sites (tertiary alicyclic amines) is 2. The monoisotopic (exact) mass is 454 g/mol. The molecule has 2 aliphatic rings. The fourth-order valence-electron chi connectivity index (χ4n) is 3.98. The third kappa shape index (κ3) is 8.29. The van der Waals surface area contributed by atoms with Gasteiger partial charge in [-0.15, -0.1) is 0 Å². The van der Waals surface area contributed by atoms with Gasteiger partial charge in [-0.05, 0) is 65.7 Å². The van der Waals surface area contributed by atoms with E-state index in [0.29, 0.717) is 44.9 Å². The fraction of sp³-hybridized carbons (Fsp3) is 0.818. The molecule has 0 saturated carbocycles. The summed E-state index contributed by atoms with van der Waals surface area (Å²) in [5, 5.41) is 8.88. The van der Waals surface area contributed by atoms with Gasteiger partial charge in [0.25, 0.3) is 0 Å². The van der Waals surface area contributed by atoms with Crippen LogP contribution in [-0.4, -0.2) is 76.6 Å². The molecule has 10 nitrogen and oxygen atoms in total. The van der Waals surface area contributed by atoms with Gasteiger partial charge in [-0.3, -0.25) is 19.8 Å². The number of carboxylic acids is 1. The lowest BCUT2D eigenvalue weighted by atomic mass is 9.91. The lowest BCUT2D eigenvalue weighted by Crippen LogP contribution is -2.52. The van der Waals surface area contributed by atoms with Crippen molar-refractivity contribution in [1.82, 2.24) is 20.7 Å².